The number of imidazole rings is 1. The molecule has 308 valence electrons. The molecule has 2 saturated carbocycles. The largest absolute Gasteiger partial charge is 0.459 e. The second-order valence-electron chi connectivity index (χ2n) is 17.3. The molecule has 3 fully saturated rings. The maximum atomic E-state index is 14.6. The van der Waals surface area contributed by atoms with Gasteiger partial charge in [-0.3, -0.25) is 23.7 Å². The Bertz CT molecular complexity index is 2170. The Morgan fingerprint density at radius 1 is 1.12 bits per heavy atom. The van der Waals surface area contributed by atoms with Gasteiger partial charge in [-0.1, -0.05) is 31.1 Å². The molecule has 0 bridgehead atoms. The number of hydrogen-bond donors (Lipinski definition) is 3. The van der Waals surface area contributed by atoms with Crippen LogP contribution in [-0.2, 0) is 29.1 Å². The molecule has 7 rings (SSSR count). The molecule has 4 aliphatic rings. The number of amides is 4. The zero-order valence-corrected chi connectivity index (χ0v) is 34.2. The number of allylic oxidation sites excluding steroid dienone is 1. The van der Waals surface area contributed by atoms with Crippen LogP contribution >= 0.6 is 0 Å². The van der Waals surface area contributed by atoms with Gasteiger partial charge in [0.1, 0.15) is 41.1 Å². The number of carbonyl (C=O) groups is 4. The van der Waals surface area contributed by atoms with Crippen molar-refractivity contribution in [1.29, 1.82) is 0 Å². The normalized spacial score (nSPS) is 27.0. The monoisotopic (exact) mass is 807 g/mol. The second-order valence-corrected chi connectivity index (χ2v) is 19.5. The third-order valence-corrected chi connectivity index (χ3v) is 13.5. The fraction of sp³-hybridized carbons (Fsp3) is 0.600. The molecule has 17 heteroatoms. The summed E-state index contributed by atoms with van der Waals surface area (Å²) in [5.41, 5.74) is -0.308. The highest BCUT2D eigenvalue weighted by Gasteiger charge is 2.63. The molecule has 5 atom stereocenters. The average molecular weight is 808 g/mol. The molecule has 3 aromatic rings. The summed E-state index contributed by atoms with van der Waals surface area (Å²) in [4.78, 5) is 66.7. The highest BCUT2D eigenvalue weighted by molar-refractivity contribution is 7.91. The van der Waals surface area contributed by atoms with E-state index in [-0.39, 0.29) is 31.4 Å². The first-order valence-electron chi connectivity index (χ1n) is 19.8. The molecule has 2 aromatic heterocycles. The summed E-state index contributed by atoms with van der Waals surface area (Å²) < 4.78 is 47.3. The maximum Gasteiger partial charge on any atom is 0.408 e. The molecule has 0 spiro atoms. The standard InChI is InChI=1S/C40H53N7O9S/c1-24(2)47-29-16-12-14-27(33-41-19-20-54-33)31(29)43-36(47)55-26-21-30-32(48)44-40(35(50)45-57(52,53)39(6)17-18-39)22-25(40)13-10-8-7-9-11-15-28(34(49)46(30)23-26)42-37(51)56-38(3,4)5/h10,12-14,16,19-20,24-26,28,30H,7-9,11,15,17-18,21-23H2,1-6H3,(H,42,51)(H,44,48)(H,45,50)/b13-10-/t25-,26-,28+,30+,40-/m1/s1. The summed E-state index contributed by atoms with van der Waals surface area (Å²) in [6.07, 6.45) is 9.58. The number of nitrogens with zero attached hydrogens (tertiary/aromatic N) is 4. The second kappa shape index (κ2) is 15.1. The fourth-order valence-corrected chi connectivity index (χ4v) is 9.06. The Hall–Kier alpha value is -4.93. The van der Waals surface area contributed by atoms with E-state index in [1.54, 1.807) is 33.9 Å². The third kappa shape index (κ3) is 8.25. The lowest BCUT2D eigenvalue weighted by atomic mass is 10.0. The molecular weight excluding hydrogens is 755 g/mol. The van der Waals surface area contributed by atoms with Gasteiger partial charge in [-0.2, -0.15) is 4.98 Å². The first kappa shape index (κ1) is 40.3. The van der Waals surface area contributed by atoms with Crippen molar-refractivity contribution < 1.29 is 41.5 Å². The molecular formula is C40H53N7O9S. The van der Waals surface area contributed by atoms with E-state index < -0.39 is 73.8 Å². The molecule has 0 radical (unpaired) electrons. The van der Waals surface area contributed by atoms with Crippen LogP contribution in [0.3, 0.4) is 0 Å². The van der Waals surface area contributed by atoms with Crippen molar-refractivity contribution in [2.24, 2.45) is 5.92 Å². The summed E-state index contributed by atoms with van der Waals surface area (Å²) in [6.45, 7) is 10.7. The van der Waals surface area contributed by atoms with E-state index in [1.165, 1.54) is 11.2 Å². The lowest BCUT2D eigenvalue weighted by Gasteiger charge is -2.30. The van der Waals surface area contributed by atoms with E-state index in [2.05, 4.69) is 20.3 Å². The molecule has 3 N–H and O–H groups in total. The van der Waals surface area contributed by atoms with Crippen molar-refractivity contribution >= 4 is 44.9 Å². The van der Waals surface area contributed by atoms with Crippen LogP contribution in [-0.4, -0.2) is 92.3 Å². The van der Waals surface area contributed by atoms with Crippen LogP contribution in [0.25, 0.3) is 22.5 Å². The van der Waals surface area contributed by atoms with Crippen molar-refractivity contribution in [2.75, 3.05) is 6.54 Å². The van der Waals surface area contributed by atoms with E-state index in [1.807, 2.05) is 48.8 Å². The van der Waals surface area contributed by atoms with Gasteiger partial charge < -0.3 is 29.4 Å². The number of benzene rings is 1. The van der Waals surface area contributed by atoms with Crippen LogP contribution in [0.2, 0.25) is 0 Å². The Morgan fingerprint density at radius 3 is 2.58 bits per heavy atom. The lowest BCUT2D eigenvalue weighted by Crippen LogP contribution is -2.58. The summed E-state index contributed by atoms with van der Waals surface area (Å²) in [7, 11) is -4.00. The SMILES string of the molecule is CC(C)n1c(O[C@@H]2C[C@H]3C(=O)N[C@]4(C(=O)NS(=O)(=O)C5(C)CC5)C[C@H]4/C=C\CCCCC[C@H](NC(=O)OC(C)(C)C)C(=O)N3C2)nc2c(-c3ncco3)cccc21. The van der Waals surface area contributed by atoms with E-state index in [0.29, 0.717) is 49.1 Å². The lowest BCUT2D eigenvalue weighted by molar-refractivity contribution is -0.141. The summed E-state index contributed by atoms with van der Waals surface area (Å²) >= 11 is 0. The van der Waals surface area contributed by atoms with E-state index in [9.17, 15) is 27.6 Å². The van der Waals surface area contributed by atoms with Gasteiger partial charge in [-0.25, -0.2) is 18.2 Å². The highest BCUT2D eigenvalue weighted by Crippen LogP contribution is 2.47. The topological polar surface area (TPSA) is 204 Å². The first-order valence-corrected chi connectivity index (χ1v) is 21.3. The number of para-hydroxylation sites is 1. The summed E-state index contributed by atoms with van der Waals surface area (Å²) in [6, 6.07) is 3.66. The van der Waals surface area contributed by atoms with E-state index in [4.69, 9.17) is 18.9 Å². The Kier molecular flexibility index (Phi) is 10.7. The maximum absolute atomic E-state index is 14.6. The summed E-state index contributed by atoms with van der Waals surface area (Å²) in [5.74, 6) is -1.99. The van der Waals surface area contributed by atoms with E-state index in [0.717, 1.165) is 18.4 Å². The Morgan fingerprint density at radius 2 is 1.89 bits per heavy atom. The van der Waals surface area contributed by atoms with Crippen LogP contribution in [0.15, 0.2) is 47.2 Å². The van der Waals surface area contributed by atoms with Crippen molar-refractivity contribution in [2.45, 2.75) is 139 Å². The minimum Gasteiger partial charge on any atom is -0.459 e. The van der Waals surface area contributed by atoms with Gasteiger partial charge >= 0.3 is 6.09 Å². The van der Waals surface area contributed by atoms with Crippen molar-refractivity contribution in [3.05, 3.63) is 42.8 Å². The number of sulfonamides is 1. The first-order chi connectivity index (χ1) is 26.9. The number of nitrogens with one attached hydrogen (secondary N) is 3. The smallest absolute Gasteiger partial charge is 0.408 e. The zero-order valence-electron chi connectivity index (χ0n) is 33.4. The number of rotatable bonds is 8. The van der Waals surface area contributed by atoms with Crippen LogP contribution in [0.5, 0.6) is 6.01 Å². The molecule has 4 amide bonds. The molecule has 4 heterocycles. The van der Waals surface area contributed by atoms with Gasteiger partial charge in [0, 0.05) is 18.4 Å². The van der Waals surface area contributed by atoms with Gasteiger partial charge in [-0.15, -0.1) is 0 Å². The van der Waals surface area contributed by atoms with Crippen molar-refractivity contribution in [1.82, 2.24) is 34.8 Å². The van der Waals surface area contributed by atoms with E-state index >= 15 is 0 Å². The van der Waals surface area contributed by atoms with Gasteiger partial charge in [-0.05, 0) is 92.2 Å². The van der Waals surface area contributed by atoms with Gasteiger partial charge in [0.05, 0.1) is 28.6 Å². The van der Waals surface area contributed by atoms with Gasteiger partial charge in [0.25, 0.3) is 11.9 Å². The average Bonchev–Trinajstić information content (AvgIpc) is 3.77. The predicted octanol–water partition coefficient (Wildman–Crippen LogP) is 4.91. The minimum absolute atomic E-state index is 0.0270. The van der Waals surface area contributed by atoms with Crippen LogP contribution in [0.4, 0.5) is 4.79 Å². The third-order valence-electron chi connectivity index (χ3n) is 11.3. The van der Waals surface area contributed by atoms with Crippen LogP contribution < -0.4 is 20.1 Å². The number of alkyl carbamates (subject to hydrolysis) is 1. The van der Waals surface area contributed by atoms with Crippen LogP contribution in [0, 0.1) is 5.92 Å². The minimum atomic E-state index is -4.00. The molecule has 1 saturated heterocycles. The Labute approximate surface area is 332 Å². The van der Waals surface area contributed by atoms with Crippen molar-refractivity contribution in [3.63, 3.8) is 0 Å². The molecule has 16 nitrogen and oxygen atoms in total. The van der Waals surface area contributed by atoms with Crippen molar-refractivity contribution in [3.8, 4) is 17.5 Å². The quantitative estimate of drug-likeness (QED) is 0.261. The molecule has 0 unspecified atom stereocenters. The number of ether oxygens (including phenoxy) is 2. The number of carbonyl (C=O) groups excluding carboxylic acids is 4. The number of hydrogen-bond acceptors (Lipinski definition) is 11. The van der Waals surface area contributed by atoms with Crippen LogP contribution in [0.1, 0.15) is 105 Å². The number of oxazole rings is 1. The van der Waals surface area contributed by atoms with Gasteiger partial charge in [0.15, 0.2) is 0 Å². The number of aromatic nitrogens is 3. The Balaban J connectivity index is 1.22. The predicted molar refractivity (Wildman–Crippen MR) is 209 cm³/mol. The molecule has 2 aliphatic heterocycles. The zero-order chi connectivity index (χ0) is 40.9. The van der Waals surface area contributed by atoms with Gasteiger partial charge in [0.2, 0.25) is 27.7 Å². The molecule has 2 aliphatic carbocycles. The fourth-order valence-electron chi connectivity index (χ4n) is 7.75. The molecule has 57 heavy (non-hydrogen) atoms. The summed E-state index contributed by atoms with van der Waals surface area (Å²) in [5, 5.41) is 5.66. The highest BCUT2D eigenvalue weighted by atomic mass is 32.2. The number of fused-ring (bicyclic) bond motifs is 3. The molecule has 1 aromatic carbocycles.